The van der Waals surface area contributed by atoms with Gasteiger partial charge in [-0.05, 0) is 36.8 Å². The van der Waals surface area contributed by atoms with Gasteiger partial charge < -0.3 is 14.4 Å². The Hall–Kier alpha value is -2.66. The maximum absolute atomic E-state index is 12.4. The lowest BCUT2D eigenvalue weighted by Crippen LogP contribution is -2.44. The molecule has 1 aliphatic rings. The SMILES string of the molecule is CC(=O)c1ccc(OCC(=O)N2CCOC(c3ccccc3)C2)cc1. The van der Waals surface area contributed by atoms with Crippen molar-refractivity contribution >= 4 is 11.7 Å². The summed E-state index contributed by atoms with van der Waals surface area (Å²) in [5.74, 6) is 0.508. The number of Topliss-reactive ketones (excluding diaryl/α,β-unsaturated/α-hetero) is 1. The first-order valence-electron chi connectivity index (χ1n) is 8.31. The standard InChI is InChI=1S/C20H21NO4/c1-15(22)16-7-9-18(10-8-16)25-14-20(23)21-11-12-24-19(13-21)17-5-3-2-4-6-17/h2-10,19H,11-14H2,1H3. The van der Waals surface area contributed by atoms with Crippen LogP contribution < -0.4 is 4.74 Å². The van der Waals surface area contributed by atoms with E-state index < -0.39 is 0 Å². The highest BCUT2D eigenvalue weighted by Crippen LogP contribution is 2.22. The number of benzene rings is 2. The molecule has 0 saturated carbocycles. The second kappa shape index (κ2) is 7.94. The zero-order valence-corrected chi connectivity index (χ0v) is 14.2. The zero-order valence-electron chi connectivity index (χ0n) is 14.2. The van der Waals surface area contributed by atoms with E-state index in [4.69, 9.17) is 9.47 Å². The van der Waals surface area contributed by atoms with Crippen molar-refractivity contribution in [3.8, 4) is 5.75 Å². The van der Waals surface area contributed by atoms with Crippen LogP contribution in [0.25, 0.3) is 0 Å². The molecule has 2 aromatic rings. The molecular weight excluding hydrogens is 318 g/mol. The number of carbonyl (C=O) groups excluding carboxylic acids is 2. The van der Waals surface area contributed by atoms with Crippen molar-refractivity contribution in [3.63, 3.8) is 0 Å². The summed E-state index contributed by atoms with van der Waals surface area (Å²) in [6.07, 6.45) is -0.103. The van der Waals surface area contributed by atoms with E-state index in [-0.39, 0.29) is 24.4 Å². The lowest BCUT2D eigenvalue weighted by molar-refractivity contribution is -0.141. The predicted octanol–water partition coefficient (Wildman–Crippen LogP) is 2.87. The van der Waals surface area contributed by atoms with Crippen molar-refractivity contribution in [2.24, 2.45) is 0 Å². The van der Waals surface area contributed by atoms with Crippen LogP contribution in [0.2, 0.25) is 0 Å². The van der Waals surface area contributed by atoms with Gasteiger partial charge in [0, 0.05) is 12.1 Å². The summed E-state index contributed by atoms with van der Waals surface area (Å²) in [5, 5.41) is 0. The first kappa shape index (κ1) is 17.2. The second-order valence-corrected chi connectivity index (χ2v) is 5.98. The van der Waals surface area contributed by atoms with Crippen molar-refractivity contribution in [1.82, 2.24) is 4.90 Å². The number of rotatable bonds is 5. The van der Waals surface area contributed by atoms with Crippen LogP contribution in [-0.2, 0) is 9.53 Å². The van der Waals surface area contributed by atoms with E-state index in [0.717, 1.165) is 5.56 Å². The maximum Gasteiger partial charge on any atom is 0.260 e. The number of hydrogen-bond donors (Lipinski definition) is 0. The van der Waals surface area contributed by atoms with Crippen molar-refractivity contribution in [1.29, 1.82) is 0 Å². The maximum atomic E-state index is 12.4. The molecule has 0 radical (unpaired) electrons. The zero-order chi connectivity index (χ0) is 17.6. The fourth-order valence-electron chi connectivity index (χ4n) is 2.77. The topological polar surface area (TPSA) is 55.8 Å². The second-order valence-electron chi connectivity index (χ2n) is 5.98. The molecule has 1 atom stereocenters. The number of carbonyl (C=O) groups is 2. The third-order valence-electron chi connectivity index (χ3n) is 4.21. The molecule has 0 N–H and O–H groups in total. The van der Waals surface area contributed by atoms with Crippen molar-refractivity contribution in [2.75, 3.05) is 26.3 Å². The van der Waals surface area contributed by atoms with Gasteiger partial charge in [-0.15, -0.1) is 0 Å². The van der Waals surface area contributed by atoms with Gasteiger partial charge in [0.05, 0.1) is 13.2 Å². The average molecular weight is 339 g/mol. The van der Waals surface area contributed by atoms with Crippen LogP contribution in [-0.4, -0.2) is 42.9 Å². The molecule has 0 aromatic heterocycles. The molecule has 0 bridgehead atoms. The Morgan fingerprint density at radius 3 is 2.52 bits per heavy atom. The number of amides is 1. The Labute approximate surface area is 147 Å². The van der Waals surface area contributed by atoms with E-state index in [1.54, 1.807) is 29.2 Å². The van der Waals surface area contributed by atoms with E-state index >= 15 is 0 Å². The third-order valence-corrected chi connectivity index (χ3v) is 4.21. The number of morpholine rings is 1. The van der Waals surface area contributed by atoms with Gasteiger partial charge in [-0.3, -0.25) is 9.59 Å². The van der Waals surface area contributed by atoms with Gasteiger partial charge in [0.25, 0.3) is 5.91 Å². The number of ketones is 1. The molecule has 5 nitrogen and oxygen atoms in total. The highest BCUT2D eigenvalue weighted by molar-refractivity contribution is 5.94. The van der Waals surface area contributed by atoms with Crippen molar-refractivity contribution < 1.29 is 19.1 Å². The molecule has 1 amide bonds. The normalized spacial score (nSPS) is 17.2. The van der Waals surface area contributed by atoms with Gasteiger partial charge in [-0.1, -0.05) is 30.3 Å². The van der Waals surface area contributed by atoms with Gasteiger partial charge in [0.15, 0.2) is 12.4 Å². The van der Waals surface area contributed by atoms with Crippen LogP contribution in [0, 0.1) is 0 Å². The molecular formula is C20H21NO4. The summed E-state index contributed by atoms with van der Waals surface area (Å²) in [4.78, 5) is 25.4. The number of nitrogens with zero attached hydrogens (tertiary/aromatic N) is 1. The smallest absolute Gasteiger partial charge is 0.260 e. The van der Waals surface area contributed by atoms with Crippen LogP contribution in [0.3, 0.4) is 0 Å². The van der Waals surface area contributed by atoms with Gasteiger partial charge >= 0.3 is 0 Å². The van der Waals surface area contributed by atoms with Gasteiger partial charge in [0.2, 0.25) is 0 Å². The molecule has 2 aromatic carbocycles. The molecule has 130 valence electrons. The lowest BCUT2D eigenvalue weighted by atomic mass is 10.1. The van der Waals surface area contributed by atoms with Gasteiger partial charge in [-0.2, -0.15) is 0 Å². The van der Waals surface area contributed by atoms with E-state index in [1.165, 1.54) is 6.92 Å². The lowest BCUT2D eigenvalue weighted by Gasteiger charge is -2.33. The summed E-state index contributed by atoms with van der Waals surface area (Å²) in [5.41, 5.74) is 1.69. The molecule has 3 rings (SSSR count). The minimum atomic E-state index is -0.103. The number of ether oxygens (including phenoxy) is 2. The number of hydrogen-bond acceptors (Lipinski definition) is 4. The molecule has 1 saturated heterocycles. The van der Waals surface area contributed by atoms with Crippen LogP contribution in [0.5, 0.6) is 5.75 Å². The quantitative estimate of drug-likeness (QED) is 0.786. The van der Waals surface area contributed by atoms with Gasteiger partial charge in [0.1, 0.15) is 11.9 Å². The Balaban J connectivity index is 1.55. The highest BCUT2D eigenvalue weighted by atomic mass is 16.5. The van der Waals surface area contributed by atoms with Crippen LogP contribution in [0.15, 0.2) is 54.6 Å². The monoisotopic (exact) mass is 339 g/mol. The first-order valence-corrected chi connectivity index (χ1v) is 8.31. The Morgan fingerprint density at radius 2 is 1.84 bits per heavy atom. The Kier molecular flexibility index (Phi) is 5.46. The Morgan fingerprint density at radius 1 is 1.12 bits per heavy atom. The van der Waals surface area contributed by atoms with Crippen LogP contribution in [0.1, 0.15) is 28.9 Å². The third kappa shape index (κ3) is 4.45. The fraction of sp³-hybridized carbons (Fsp3) is 0.300. The molecule has 1 unspecified atom stereocenters. The van der Waals surface area contributed by atoms with Crippen molar-refractivity contribution in [2.45, 2.75) is 13.0 Å². The van der Waals surface area contributed by atoms with E-state index in [1.807, 2.05) is 30.3 Å². The predicted molar refractivity (Wildman–Crippen MR) is 93.7 cm³/mol. The minimum Gasteiger partial charge on any atom is -0.484 e. The summed E-state index contributed by atoms with van der Waals surface area (Å²) in [6.45, 7) is 3.09. The highest BCUT2D eigenvalue weighted by Gasteiger charge is 2.25. The average Bonchev–Trinajstić information content (AvgIpc) is 2.67. The molecule has 0 spiro atoms. The molecule has 1 fully saturated rings. The minimum absolute atomic E-state index is 0.00268. The first-order chi connectivity index (χ1) is 12.1. The van der Waals surface area contributed by atoms with Crippen LogP contribution >= 0.6 is 0 Å². The van der Waals surface area contributed by atoms with Crippen molar-refractivity contribution in [3.05, 3.63) is 65.7 Å². The molecule has 5 heteroatoms. The summed E-state index contributed by atoms with van der Waals surface area (Å²) in [7, 11) is 0. The fourth-order valence-corrected chi connectivity index (χ4v) is 2.77. The summed E-state index contributed by atoms with van der Waals surface area (Å²) < 4.78 is 11.3. The summed E-state index contributed by atoms with van der Waals surface area (Å²) in [6, 6.07) is 16.7. The van der Waals surface area contributed by atoms with Crippen LogP contribution in [0.4, 0.5) is 0 Å². The van der Waals surface area contributed by atoms with E-state index in [2.05, 4.69) is 0 Å². The van der Waals surface area contributed by atoms with E-state index in [9.17, 15) is 9.59 Å². The molecule has 1 aliphatic heterocycles. The summed E-state index contributed by atoms with van der Waals surface area (Å²) >= 11 is 0. The molecule has 25 heavy (non-hydrogen) atoms. The molecule has 1 heterocycles. The molecule has 0 aliphatic carbocycles. The van der Waals surface area contributed by atoms with E-state index in [0.29, 0.717) is 31.0 Å². The Bertz CT molecular complexity index is 727. The largest absolute Gasteiger partial charge is 0.484 e. The van der Waals surface area contributed by atoms with Gasteiger partial charge in [-0.25, -0.2) is 0 Å².